The highest BCUT2D eigenvalue weighted by atomic mass is 32.2. The summed E-state index contributed by atoms with van der Waals surface area (Å²) in [6, 6.07) is 9.58. The molecule has 2 aromatic rings. The van der Waals surface area contributed by atoms with Crippen LogP contribution in [0.3, 0.4) is 0 Å². The highest BCUT2D eigenvalue weighted by Crippen LogP contribution is 2.21. The first kappa shape index (κ1) is 16.7. The topological polar surface area (TPSA) is 84.2 Å². The van der Waals surface area contributed by atoms with Crippen LogP contribution in [0.1, 0.15) is 24.8 Å². The molecule has 2 N–H and O–H groups in total. The van der Waals surface area contributed by atoms with Crippen LogP contribution in [0.25, 0.3) is 0 Å². The van der Waals surface area contributed by atoms with Crippen LogP contribution in [0, 0.1) is 0 Å². The summed E-state index contributed by atoms with van der Waals surface area (Å²) >= 11 is 0. The largest absolute Gasteiger partial charge is 0.393 e. The second kappa shape index (κ2) is 7.04. The van der Waals surface area contributed by atoms with Gasteiger partial charge in [0.15, 0.2) is 0 Å². The zero-order valence-corrected chi connectivity index (χ0v) is 13.5. The summed E-state index contributed by atoms with van der Waals surface area (Å²) in [5.74, 6) is -0.0901. The molecule has 120 valence electrons. The Bertz CT molecular complexity index is 696. The lowest BCUT2D eigenvalue weighted by Crippen LogP contribution is -2.29. The Morgan fingerprint density at radius 1 is 1.32 bits per heavy atom. The number of hydrogen-bond donors (Lipinski definition) is 2. The van der Waals surface area contributed by atoms with Gasteiger partial charge in [-0.2, -0.15) is 5.10 Å². The van der Waals surface area contributed by atoms with E-state index in [0.717, 1.165) is 5.56 Å². The molecule has 0 spiro atoms. The van der Waals surface area contributed by atoms with Crippen molar-refractivity contribution in [1.29, 1.82) is 0 Å². The van der Waals surface area contributed by atoms with Gasteiger partial charge in [-0.15, -0.1) is 0 Å². The molecule has 2 atom stereocenters. The number of aliphatic hydroxyl groups excluding tert-OH is 1. The quantitative estimate of drug-likeness (QED) is 0.803. The van der Waals surface area contributed by atoms with Gasteiger partial charge in [-0.25, -0.2) is 13.1 Å². The highest BCUT2D eigenvalue weighted by molar-refractivity contribution is 7.89. The molecule has 22 heavy (non-hydrogen) atoms. The maximum absolute atomic E-state index is 12.2. The van der Waals surface area contributed by atoms with Gasteiger partial charge in [0.05, 0.1) is 12.3 Å². The van der Waals surface area contributed by atoms with E-state index < -0.39 is 16.1 Å². The third-order valence-electron chi connectivity index (χ3n) is 3.41. The van der Waals surface area contributed by atoms with Gasteiger partial charge in [0.25, 0.3) is 0 Å². The molecule has 6 nitrogen and oxygen atoms in total. The first-order valence-corrected chi connectivity index (χ1v) is 8.58. The van der Waals surface area contributed by atoms with Gasteiger partial charge in [-0.1, -0.05) is 30.3 Å². The normalized spacial score (nSPS) is 14.7. The number of aliphatic hydroxyl groups is 1. The van der Waals surface area contributed by atoms with Crippen LogP contribution < -0.4 is 4.72 Å². The molecular weight excluding hydrogens is 302 g/mol. The maximum atomic E-state index is 12.2. The smallest absolute Gasteiger partial charge is 0.243 e. The monoisotopic (exact) mass is 323 g/mol. The number of aromatic nitrogens is 2. The fourth-order valence-electron chi connectivity index (χ4n) is 2.31. The Morgan fingerprint density at radius 3 is 2.55 bits per heavy atom. The Morgan fingerprint density at radius 2 is 2.00 bits per heavy atom. The van der Waals surface area contributed by atoms with Crippen molar-refractivity contribution in [2.24, 2.45) is 7.05 Å². The van der Waals surface area contributed by atoms with E-state index >= 15 is 0 Å². The predicted octanol–water partition coefficient (Wildman–Crippen LogP) is 1.25. The van der Waals surface area contributed by atoms with Crippen molar-refractivity contribution in [3.63, 3.8) is 0 Å². The minimum absolute atomic E-state index is 0.0901. The molecule has 0 amide bonds. The summed E-state index contributed by atoms with van der Waals surface area (Å²) in [7, 11) is -1.93. The number of aryl methyl sites for hydroxylation is 1. The van der Waals surface area contributed by atoms with E-state index in [9.17, 15) is 13.5 Å². The van der Waals surface area contributed by atoms with Gasteiger partial charge in [0.2, 0.25) is 10.0 Å². The summed E-state index contributed by atoms with van der Waals surface area (Å²) in [6.07, 6.45) is 2.75. The van der Waals surface area contributed by atoms with E-state index in [2.05, 4.69) is 9.82 Å². The summed E-state index contributed by atoms with van der Waals surface area (Å²) in [5, 5.41) is 13.5. The lowest BCUT2D eigenvalue weighted by molar-refractivity contribution is 0.174. The lowest BCUT2D eigenvalue weighted by atomic mass is 9.94. The summed E-state index contributed by atoms with van der Waals surface area (Å²) < 4.78 is 28.5. The van der Waals surface area contributed by atoms with Gasteiger partial charge in [0, 0.05) is 19.8 Å². The average Bonchev–Trinajstić information content (AvgIpc) is 2.91. The van der Waals surface area contributed by atoms with Crippen LogP contribution in [-0.2, 0) is 17.1 Å². The highest BCUT2D eigenvalue weighted by Gasteiger charge is 2.20. The molecule has 0 radical (unpaired) electrons. The Kier molecular flexibility index (Phi) is 5.33. The van der Waals surface area contributed by atoms with Crippen molar-refractivity contribution in [2.45, 2.75) is 30.3 Å². The van der Waals surface area contributed by atoms with Crippen LogP contribution >= 0.6 is 0 Å². The molecular formula is C15H21N3O3S. The summed E-state index contributed by atoms with van der Waals surface area (Å²) in [6.45, 7) is 1.93. The molecule has 0 fully saturated rings. The van der Waals surface area contributed by atoms with Crippen molar-refractivity contribution < 1.29 is 13.5 Å². The van der Waals surface area contributed by atoms with Crippen LogP contribution in [0.15, 0.2) is 47.6 Å². The number of sulfonamides is 1. The number of nitrogens with zero attached hydrogens (tertiary/aromatic N) is 2. The molecule has 0 aliphatic rings. The molecule has 1 heterocycles. The molecule has 0 bridgehead atoms. The fourth-order valence-corrected chi connectivity index (χ4v) is 3.37. The van der Waals surface area contributed by atoms with E-state index in [1.807, 2.05) is 30.3 Å². The van der Waals surface area contributed by atoms with E-state index in [-0.39, 0.29) is 17.4 Å². The summed E-state index contributed by atoms with van der Waals surface area (Å²) in [4.78, 5) is 0.138. The molecule has 7 heteroatoms. The SMILES string of the molecule is CC(O)CC(CNS(=O)(=O)c1cnn(C)c1)c1ccccc1. The first-order chi connectivity index (χ1) is 10.4. The van der Waals surface area contributed by atoms with E-state index in [1.54, 1.807) is 14.0 Å². The van der Waals surface area contributed by atoms with Crippen LogP contribution in [0.4, 0.5) is 0 Å². The maximum Gasteiger partial charge on any atom is 0.243 e. The molecule has 1 aromatic heterocycles. The van der Waals surface area contributed by atoms with E-state index in [1.165, 1.54) is 17.1 Å². The van der Waals surface area contributed by atoms with Crippen LogP contribution in [-0.4, -0.2) is 36.0 Å². The molecule has 2 unspecified atom stereocenters. The van der Waals surface area contributed by atoms with Gasteiger partial charge < -0.3 is 5.11 Å². The zero-order chi connectivity index (χ0) is 16.2. The minimum Gasteiger partial charge on any atom is -0.393 e. The average molecular weight is 323 g/mol. The van der Waals surface area contributed by atoms with Crippen LogP contribution in [0.2, 0.25) is 0 Å². The van der Waals surface area contributed by atoms with Gasteiger partial charge in [0.1, 0.15) is 4.90 Å². The standard InChI is InChI=1S/C15H21N3O3S/c1-12(19)8-14(13-6-4-3-5-7-13)9-17-22(20,21)15-10-16-18(2)11-15/h3-7,10-12,14,17,19H,8-9H2,1-2H3. The van der Waals surface area contributed by atoms with Crippen LogP contribution in [0.5, 0.6) is 0 Å². The van der Waals surface area contributed by atoms with Gasteiger partial charge in [-0.05, 0) is 24.8 Å². The Labute approximate surface area is 130 Å². The number of benzene rings is 1. The van der Waals surface area contributed by atoms with Gasteiger partial charge >= 0.3 is 0 Å². The minimum atomic E-state index is -3.59. The lowest BCUT2D eigenvalue weighted by Gasteiger charge is -2.19. The third-order valence-corrected chi connectivity index (χ3v) is 4.79. The molecule has 0 saturated heterocycles. The van der Waals surface area contributed by atoms with Crippen molar-refractivity contribution in [3.05, 3.63) is 48.3 Å². The molecule has 2 rings (SSSR count). The zero-order valence-electron chi connectivity index (χ0n) is 12.7. The van der Waals surface area contributed by atoms with E-state index in [4.69, 9.17) is 0 Å². The van der Waals surface area contributed by atoms with Crippen molar-refractivity contribution in [3.8, 4) is 0 Å². The third kappa shape index (κ3) is 4.40. The molecule has 1 aromatic carbocycles. The van der Waals surface area contributed by atoms with Crippen molar-refractivity contribution in [2.75, 3.05) is 6.54 Å². The first-order valence-electron chi connectivity index (χ1n) is 7.10. The summed E-state index contributed by atoms with van der Waals surface area (Å²) in [5.41, 5.74) is 0.997. The van der Waals surface area contributed by atoms with E-state index in [0.29, 0.717) is 6.42 Å². The number of rotatable bonds is 7. The predicted molar refractivity (Wildman–Crippen MR) is 83.9 cm³/mol. The second-order valence-electron chi connectivity index (χ2n) is 5.39. The van der Waals surface area contributed by atoms with Crippen molar-refractivity contribution >= 4 is 10.0 Å². The Hall–Kier alpha value is -1.70. The Balaban J connectivity index is 2.11. The van der Waals surface area contributed by atoms with Crippen molar-refractivity contribution in [1.82, 2.24) is 14.5 Å². The number of hydrogen-bond acceptors (Lipinski definition) is 4. The molecule has 0 aliphatic carbocycles. The van der Waals surface area contributed by atoms with Gasteiger partial charge in [-0.3, -0.25) is 4.68 Å². The second-order valence-corrected chi connectivity index (χ2v) is 7.16. The molecule has 0 aliphatic heterocycles. The fraction of sp³-hybridized carbons (Fsp3) is 0.400. The number of nitrogens with one attached hydrogen (secondary N) is 1. The molecule has 0 saturated carbocycles.